The molecule has 33 heavy (non-hydrogen) atoms. The standard InChI is InChI=1S/C25H21O3.ClHO4/c1-26-22-12-8-18(9-13-22)21-16-24(19-6-4-3-5-7-19)28-25(17-21)20-10-14-23(27-2)15-11-20;2-1(3,4)5/h3-17H,1-2H3;(H,2,3,4,5)/q+1;/p-1. The molecule has 7 nitrogen and oxygen atoms in total. The van der Waals surface area contributed by atoms with Gasteiger partial charge in [-0.25, -0.2) is 23.1 Å². The number of methoxy groups -OCH3 is 2. The molecule has 4 rings (SSSR count). The number of halogens is 1. The summed E-state index contributed by atoms with van der Waals surface area (Å²) in [5.74, 6) is 3.27. The van der Waals surface area contributed by atoms with Gasteiger partial charge >= 0.3 is 11.5 Å². The summed E-state index contributed by atoms with van der Waals surface area (Å²) < 4.78 is 50.8. The van der Waals surface area contributed by atoms with Gasteiger partial charge in [-0.05, 0) is 54.1 Å². The third-order valence-electron chi connectivity index (χ3n) is 4.65. The van der Waals surface area contributed by atoms with Gasteiger partial charge in [-0.1, -0.05) is 30.3 Å². The van der Waals surface area contributed by atoms with Crippen LogP contribution in [0, 0.1) is 10.2 Å². The third kappa shape index (κ3) is 7.28. The average Bonchev–Trinajstić information content (AvgIpc) is 2.83. The molecule has 8 heteroatoms. The average molecular weight is 469 g/mol. The summed E-state index contributed by atoms with van der Waals surface area (Å²) in [7, 11) is -1.61. The highest BCUT2D eigenvalue weighted by Crippen LogP contribution is 2.34. The molecule has 0 fully saturated rings. The number of ether oxygens (including phenoxy) is 2. The van der Waals surface area contributed by atoms with Gasteiger partial charge in [-0.2, -0.15) is 0 Å². The highest BCUT2D eigenvalue weighted by atomic mass is 35.7. The van der Waals surface area contributed by atoms with Crippen molar-refractivity contribution in [1.29, 1.82) is 0 Å². The molecule has 0 aliphatic carbocycles. The molecule has 0 bridgehead atoms. The quantitative estimate of drug-likeness (QED) is 0.409. The van der Waals surface area contributed by atoms with E-state index < -0.39 is 10.2 Å². The Balaban J connectivity index is 0.000000555. The zero-order valence-corrected chi connectivity index (χ0v) is 18.7. The number of benzene rings is 3. The van der Waals surface area contributed by atoms with Crippen molar-refractivity contribution in [3.05, 3.63) is 91.0 Å². The maximum Gasteiger partial charge on any atom is 0.361 e. The first kappa shape index (κ1) is 24.2. The molecule has 170 valence electrons. The number of hydrogen-bond donors (Lipinski definition) is 0. The van der Waals surface area contributed by atoms with Gasteiger partial charge in [0.2, 0.25) is 0 Å². The normalized spacial score (nSPS) is 10.7. The Morgan fingerprint density at radius 1 is 0.545 bits per heavy atom. The highest BCUT2D eigenvalue weighted by molar-refractivity contribution is 5.75. The van der Waals surface area contributed by atoms with Gasteiger partial charge in [-0.15, -0.1) is 10.2 Å². The maximum absolute atomic E-state index is 8.49. The van der Waals surface area contributed by atoms with E-state index in [-0.39, 0.29) is 0 Å². The lowest BCUT2D eigenvalue weighted by Gasteiger charge is -2.17. The van der Waals surface area contributed by atoms with Crippen LogP contribution in [0.1, 0.15) is 0 Å². The Labute approximate surface area is 193 Å². The maximum atomic E-state index is 8.49. The van der Waals surface area contributed by atoms with E-state index in [4.69, 9.17) is 32.5 Å². The van der Waals surface area contributed by atoms with Crippen LogP contribution in [0.25, 0.3) is 33.8 Å². The lowest BCUT2D eigenvalue weighted by Crippen LogP contribution is -2.68. The van der Waals surface area contributed by atoms with E-state index in [0.717, 1.165) is 45.3 Å². The van der Waals surface area contributed by atoms with Gasteiger partial charge in [0.15, 0.2) is 0 Å². The fraction of sp³-hybridized carbons (Fsp3) is 0.0800. The van der Waals surface area contributed by atoms with Crippen LogP contribution in [0.2, 0.25) is 0 Å². The minimum Gasteiger partial charge on any atom is -0.497 e. The summed E-state index contributed by atoms with van der Waals surface area (Å²) in [6, 6.07) is 30.2. The molecule has 4 aromatic rings. The summed E-state index contributed by atoms with van der Waals surface area (Å²) in [5, 5.41) is 0. The minimum atomic E-state index is -4.94. The van der Waals surface area contributed by atoms with Crippen LogP contribution < -0.4 is 28.1 Å². The van der Waals surface area contributed by atoms with Crippen molar-refractivity contribution in [3.8, 4) is 45.3 Å². The lowest BCUT2D eigenvalue weighted by molar-refractivity contribution is -2.00. The van der Waals surface area contributed by atoms with Crippen molar-refractivity contribution in [1.82, 2.24) is 0 Å². The largest absolute Gasteiger partial charge is 0.497 e. The Bertz CT molecular complexity index is 1080. The summed E-state index contributed by atoms with van der Waals surface area (Å²) in [5.41, 5.74) is 4.21. The van der Waals surface area contributed by atoms with Gasteiger partial charge in [0.05, 0.1) is 37.5 Å². The fourth-order valence-corrected chi connectivity index (χ4v) is 3.09. The number of hydrogen-bond acceptors (Lipinski definition) is 6. The van der Waals surface area contributed by atoms with E-state index in [9.17, 15) is 0 Å². The lowest BCUT2D eigenvalue weighted by atomic mass is 10.0. The van der Waals surface area contributed by atoms with Crippen molar-refractivity contribution >= 4 is 0 Å². The van der Waals surface area contributed by atoms with Crippen LogP contribution >= 0.6 is 0 Å². The fourth-order valence-electron chi connectivity index (χ4n) is 3.09. The molecule has 3 aromatic carbocycles. The predicted molar refractivity (Wildman–Crippen MR) is 113 cm³/mol. The van der Waals surface area contributed by atoms with Crippen LogP contribution in [0.4, 0.5) is 0 Å². The van der Waals surface area contributed by atoms with Gasteiger partial charge in [-0.3, -0.25) is 0 Å². The summed E-state index contributed by atoms with van der Waals surface area (Å²) in [4.78, 5) is 0. The van der Waals surface area contributed by atoms with Crippen LogP contribution in [0.5, 0.6) is 11.5 Å². The first-order valence-corrected chi connectivity index (χ1v) is 10.9. The van der Waals surface area contributed by atoms with E-state index in [1.54, 1.807) is 14.2 Å². The SMILES string of the molecule is COc1ccc(-c2cc(-c3ccccc3)[o+]c(-c3ccc(OC)cc3)c2)cc1.[O-][Cl+3]([O-])([O-])[O-]. The smallest absolute Gasteiger partial charge is 0.361 e. The van der Waals surface area contributed by atoms with Crippen LogP contribution in [-0.4, -0.2) is 14.2 Å². The van der Waals surface area contributed by atoms with Crippen molar-refractivity contribution in [3.63, 3.8) is 0 Å². The molecule has 0 unspecified atom stereocenters. The molecule has 0 spiro atoms. The van der Waals surface area contributed by atoms with Gasteiger partial charge in [0.25, 0.3) is 0 Å². The molecule has 0 atom stereocenters. The Kier molecular flexibility index (Phi) is 8.00. The second-order valence-electron chi connectivity index (χ2n) is 6.78. The summed E-state index contributed by atoms with van der Waals surface area (Å²) >= 11 is 0. The Morgan fingerprint density at radius 2 is 0.939 bits per heavy atom. The molecule has 0 aliphatic rings. The van der Waals surface area contributed by atoms with Crippen molar-refractivity contribution in [2.24, 2.45) is 0 Å². The zero-order chi connectivity index (χ0) is 23.8. The number of rotatable bonds is 5. The Hall–Kier alpha value is -3.46. The first-order chi connectivity index (χ1) is 15.8. The molecule has 1 heterocycles. The van der Waals surface area contributed by atoms with Crippen LogP contribution in [0.3, 0.4) is 0 Å². The minimum absolute atomic E-state index is 0.801. The van der Waals surface area contributed by atoms with E-state index in [1.165, 1.54) is 0 Å². The predicted octanol–water partition coefficient (Wildman–Crippen LogP) is 1.82. The molecular formula is C25H21ClO7. The molecular weight excluding hydrogens is 448 g/mol. The van der Waals surface area contributed by atoms with Crippen molar-refractivity contribution in [2.75, 3.05) is 14.2 Å². The van der Waals surface area contributed by atoms with E-state index in [2.05, 4.69) is 36.4 Å². The second kappa shape index (κ2) is 10.9. The van der Waals surface area contributed by atoms with Crippen molar-refractivity contribution < 1.29 is 42.8 Å². The van der Waals surface area contributed by atoms with Crippen LogP contribution in [-0.2, 0) is 0 Å². The van der Waals surface area contributed by atoms with Gasteiger partial charge in [0, 0.05) is 5.56 Å². The first-order valence-electron chi connectivity index (χ1n) is 9.71. The van der Waals surface area contributed by atoms with E-state index >= 15 is 0 Å². The van der Waals surface area contributed by atoms with E-state index in [1.807, 2.05) is 54.6 Å². The van der Waals surface area contributed by atoms with Gasteiger partial charge in [0.1, 0.15) is 11.5 Å². The van der Waals surface area contributed by atoms with Crippen molar-refractivity contribution in [2.45, 2.75) is 0 Å². The molecule has 0 aliphatic heterocycles. The van der Waals surface area contributed by atoms with Crippen LogP contribution in [0.15, 0.2) is 95.4 Å². The molecule has 0 saturated carbocycles. The Morgan fingerprint density at radius 3 is 1.36 bits per heavy atom. The summed E-state index contributed by atoms with van der Waals surface area (Å²) in [6.45, 7) is 0. The van der Waals surface area contributed by atoms with E-state index in [0.29, 0.717) is 0 Å². The third-order valence-corrected chi connectivity index (χ3v) is 4.65. The van der Waals surface area contributed by atoms with Gasteiger partial charge < -0.3 is 9.47 Å². The molecule has 0 amide bonds. The molecule has 0 radical (unpaired) electrons. The highest BCUT2D eigenvalue weighted by Gasteiger charge is 2.20. The molecule has 0 N–H and O–H groups in total. The summed E-state index contributed by atoms with van der Waals surface area (Å²) in [6.07, 6.45) is 0. The topological polar surface area (TPSA) is 122 Å². The monoisotopic (exact) mass is 468 g/mol. The second-order valence-corrected chi connectivity index (χ2v) is 7.53. The zero-order valence-electron chi connectivity index (χ0n) is 17.9. The molecule has 1 aromatic heterocycles. The molecule has 0 saturated heterocycles.